The van der Waals surface area contributed by atoms with Gasteiger partial charge in [-0.3, -0.25) is 9.59 Å². The normalized spacial score (nSPS) is 44.7. The van der Waals surface area contributed by atoms with Crippen molar-refractivity contribution in [1.82, 2.24) is 0 Å². The van der Waals surface area contributed by atoms with Crippen LogP contribution in [-0.4, -0.2) is 31.6 Å². The lowest BCUT2D eigenvalue weighted by atomic mass is 9.51. The van der Waals surface area contributed by atoms with E-state index >= 15 is 0 Å². The number of carbonyl (C=O) groups is 2. The van der Waals surface area contributed by atoms with Crippen LogP contribution in [0.5, 0.6) is 0 Å². The van der Waals surface area contributed by atoms with Gasteiger partial charge < -0.3 is 9.47 Å². The van der Waals surface area contributed by atoms with Crippen LogP contribution < -0.4 is 0 Å². The number of allylic oxidation sites excluding steroid dienone is 1. The Labute approximate surface area is 156 Å². The van der Waals surface area contributed by atoms with Crippen LogP contribution >= 0.6 is 0 Å². The van der Waals surface area contributed by atoms with Crippen LogP contribution in [0, 0.1) is 35.0 Å². The molecule has 4 aliphatic rings. The number of ether oxygens (including phenoxy) is 2. The Morgan fingerprint density at radius 1 is 1.23 bits per heavy atom. The molecule has 4 rings (SSSR count). The Kier molecular flexibility index (Phi) is 4.85. The molecule has 0 amide bonds. The zero-order valence-corrected chi connectivity index (χ0v) is 16.3. The Morgan fingerprint density at radius 3 is 2.77 bits per heavy atom. The molecule has 0 radical (unpaired) electrons. The van der Waals surface area contributed by atoms with Gasteiger partial charge in [0.15, 0.2) is 5.78 Å². The summed E-state index contributed by atoms with van der Waals surface area (Å²) in [6, 6.07) is 0. The Morgan fingerprint density at radius 2 is 2.04 bits per heavy atom. The summed E-state index contributed by atoms with van der Waals surface area (Å²) >= 11 is 0. The molecule has 7 atom stereocenters. The molecule has 4 nitrogen and oxygen atoms in total. The molecule has 0 spiro atoms. The third-order valence-electron chi connectivity index (χ3n) is 8.24. The average molecular weight is 360 g/mol. The van der Waals surface area contributed by atoms with Gasteiger partial charge in [-0.25, -0.2) is 0 Å². The maximum Gasteiger partial charge on any atom is 0.184 e. The second kappa shape index (κ2) is 6.87. The first kappa shape index (κ1) is 18.4. The molecular formula is C22H32O4. The van der Waals surface area contributed by atoms with E-state index in [9.17, 15) is 9.59 Å². The number of hydrogen-bond acceptors (Lipinski definition) is 4. The molecule has 0 aromatic heterocycles. The molecule has 4 aliphatic carbocycles. The van der Waals surface area contributed by atoms with E-state index in [4.69, 9.17) is 9.47 Å². The summed E-state index contributed by atoms with van der Waals surface area (Å²) in [4.78, 5) is 24.6. The first-order valence-corrected chi connectivity index (χ1v) is 10.3. The number of fused-ring (bicyclic) bond motifs is 5. The highest BCUT2D eigenvalue weighted by Gasteiger charge is 2.57. The van der Waals surface area contributed by atoms with Crippen LogP contribution in [0.4, 0.5) is 0 Å². The summed E-state index contributed by atoms with van der Waals surface area (Å²) < 4.78 is 10.7. The van der Waals surface area contributed by atoms with Gasteiger partial charge in [-0.1, -0.05) is 12.5 Å². The fraction of sp³-hybridized carbons (Fsp3) is 0.818. The van der Waals surface area contributed by atoms with Crippen molar-refractivity contribution in [3.05, 3.63) is 11.6 Å². The van der Waals surface area contributed by atoms with Crippen molar-refractivity contribution in [3.63, 3.8) is 0 Å². The van der Waals surface area contributed by atoms with Crippen molar-refractivity contribution in [1.29, 1.82) is 0 Å². The predicted octanol–water partition coefficient (Wildman–Crippen LogP) is 3.93. The van der Waals surface area contributed by atoms with Crippen molar-refractivity contribution >= 4 is 11.6 Å². The van der Waals surface area contributed by atoms with Gasteiger partial charge in [0.25, 0.3) is 0 Å². The van der Waals surface area contributed by atoms with Crippen LogP contribution in [0.2, 0.25) is 0 Å². The zero-order valence-electron chi connectivity index (χ0n) is 16.3. The first-order valence-electron chi connectivity index (χ1n) is 10.3. The minimum Gasteiger partial charge on any atom is -0.359 e. The van der Waals surface area contributed by atoms with Gasteiger partial charge in [0.2, 0.25) is 0 Å². The summed E-state index contributed by atoms with van der Waals surface area (Å²) in [6.45, 7) is 4.35. The van der Waals surface area contributed by atoms with Crippen LogP contribution in [0.3, 0.4) is 0 Å². The first-order chi connectivity index (χ1) is 12.5. The van der Waals surface area contributed by atoms with Gasteiger partial charge in [-0.05, 0) is 87.0 Å². The molecule has 26 heavy (non-hydrogen) atoms. The van der Waals surface area contributed by atoms with E-state index in [1.807, 2.05) is 6.08 Å². The maximum absolute atomic E-state index is 12.4. The molecule has 0 aromatic rings. The average Bonchev–Trinajstić information content (AvgIpc) is 2.97. The molecule has 3 fully saturated rings. The molecule has 0 N–H and O–H groups in total. The molecule has 1 unspecified atom stereocenters. The molecule has 0 heterocycles. The zero-order chi connectivity index (χ0) is 18.5. The van der Waals surface area contributed by atoms with E-state index in [2.05, 4.69) is 6.92 Å². The summed E-state index contributed by atoms with van der Waals surface area (Å²) in [5.74, 6) is 3.28. The lowest BCUT2D eigenvalue weighted by Gasteiger charge is -2.54. The van der Waals surface area contributed by atoms with E-state index in [-0.39, 0.29) is 30.0 Å². The smallest absolute Gasteiger partial charge is 0.184 e. The third kappa shape index (κ3) is 2.80. The number of carbonyl (C=O) groups excluding carboxylic acids is 2. The monoisotopic (exact) mass is 360 g/mol. The van der Waals surface area contributed by atoms with Crippen molar-refractivity contribution in [2.75, 3.05) is 13.9 Å². The second-order valence-corrected chi connectivity index (χ2v) is 9.28. The van der Waals surface area contributed by atoms with Crippen LogP contribution in [0.1, 0.15) is 58.8 Å². The molecule has 144 valence electrons. The molecule has 0 bridgehead atoms. The van der Waals surface area contributed by atoms with E-state index in [1.165, 1.54) is 24.8 Å². The highest BCUT2D eigenvalue weighted by atomic mass is 16.7. The maximum atomic E-state index is 12.4. The lowest BCUT2D eigenvalue weighted by Crippen LogP contribution is -2.48. The molecule has 3 saturated carbocycles. The van der Waals surface area contributed by atoms with E-state index in [0.29, 0.717) is 29.5 Å². The minimum absolute atomic E-state index is 0.116. The fourth-order valence-electron chi connectivity index (χ4n) is 7.12. The summed E-state index contributed by atoms with van der Waals surface area (Å²) in [7, 11) is 1.60. The van der Waals surface area contributed by atoms with Gasteiger partial charge in [0.1, 0.15) is 18.7 Å². The van der Waals surface area contributed by atoms with Gasteiger partial charge in [0, 0.05) is 13.0 Å². The van der Waals surface area contributed by atoms with Crippen molar-refractivity contribution < 1.29 is 19.1 Å². The second-order valence-electron chi connectivity index (χ2n) is 9.28. The number of ketones is 2. The van der Waals surface area contributed by atoms with Crippen LogP contribution in [0.25, 0.3) is 0 Å². The van der Waals surface area contributed by atoms with E-state index in [0.717, 1.165) is 25.7 Å². The number of Topliss-reactive ketones (excluding diaryl/α,β-unsaturated/α-hetero) is 1. The Hall–Kier alpha value is -1.00. The highest BCUT2D eigenvalue weighted by molar-refractivity contribution is 5.95. The summed E-state index contributed by atoms with van der Waals surface area (Å²) in [5.41, 5.74) is 1.56. The largest absolute Gasteiger partial charge is 0.359 e. The molecule has 0 saturated heterocycles. The van der Waals surface area contributed by atoms with Gasteiger partial charge >= 0.3 is 0 Å². The predicted molar refractivity (Wildman–Crippen MR) is 98.4 cm³/mol. The minimum atomic E-state index is -0.343. The van der Waals surface area contributed by atoms with Crippen molar-refractivity contribution in [2.45, 2.75) is 64.9 Å². The molecular weight excluding hydrogens is 328 g/mol. The van der Waals surface area contributed by atoms with Gasteiger partial charge in [-0.15, -0.1) is 0 Å². The summed E-state index contributed by atoms with van der Waals surface area (Å²) in [5, 5.41) is 0. The Balaban J connectivity index is 1.55. The number of hydrogen-bond donors (Lipinski definition) is 0. The highest BCUT2D eigenvalue weighted by Crippen LogP contribution is 2.63. The fourth-order valence-corrected chi connectivity index (χ4v) is 7.12. The molecule has 0 aliphatic heterocycles. The number of methoxy groups -OCH3 is 1. The topological polar surface area (TPSA) is 52.6 Å². The number of rotatable bonds is 4. The standard InChI is InChI=1S/C22H32O4/c1-13(23)18-6-7-19-16-5-4-14-10-20(24)21(26-12-25-3)11-17(14)15(16)8-9-22(18,19)2/h10,15-19,21H,4-9,11-12H2,1-3H3/t15-,16+,17-,18+,19-,21?,22+/m0/s1. The quantitative estimate of drug-likeness (QED) is 0.713. The van der Waals surface area contributed by atoms with Crippen LogP contribution in [0.15, 0.2) is 11.6 Å². The van der Waals surface area contributed by atoms with Crippen molar-refractivity contribution in [2.24, 2.45) is 35.0 Å². The van der Waals surface area contributed by atoms with E-state index in [1.54, 1.807) is 14.0 Å². The lowest BCUT2D eigenvalue weighted by molar-refractivity contribution is -0.140. The van der Waals surface area contributed by atoms with Gasteiger partial charge in [0.05, 0.1) is 0 Å². The Bertz CT molecular complexity index is 624. The molecule has 0 aromatic carbocycles. The van der Waals surface area contributed by atoms with Crippen LogP contribution in [-0.2, 0) is 19.1 Å². The van der Waals surface area contributed by atoms with Gasteiger partial charge in [-0.2, -0.15) is 0 Å². The SMILES string of the molecule is COCOC1C[C@H]2C(=CC1=O)CC[C@@H]1[C@@H]2CC[C@]2(C)[C@@H](C(C)=O)CC[C@@H]12. The molecule has 4 heteroatoms. The van der Waals surface area contributed by atoms with Crippen molar-refractivity contribution in [3.8, 4) is 0 Å². The summed E-state index contributed by atoms with van der Waals surface area (Å²) in [6.07, 6.45) is 9.21. The third-order valence-corrected chi connectivity index (χ3v) is 8.24. The van der Waals surface area contributed by atoms with E-state index < -0.39 is 0 Å².